The van der Waals surface area contributed by atoms with Crippen LogP contribution in [0.15, 0.2) is 23.3 Å². The molecule has 7 heteroatoms. The molecule has 2 heterocycles. The van der Waals surface area contributed by atoms with Gasteiger partial charge in [0.15, 0.2) is 5.96 Å². The van der Waals surface area contributed by atoms with Gasteiger partial charge in [-0.3, -0.25) is 9.89 Å². The summed E-state index contributed by atoms with van der Waals surface area (Å²) in [6, 6.07) is 4.76. The molecule has 1 aromatic heterocycles. The van der Waals surface area contributed by atoms with Gasteiger partial charge in [0.1, 0.15) is 0 Å². The highest BCUT2D eigenvalue weighted by Crippen LogP contribution is 2.19. The lowest BCUT2D eigenvalue weighted by Gasteiger charge is -2.39. The van der Waals surface area contributed by atoms with E-state index in [4.69, 9.17) is 4.74 Å². The van der Waals surface area contributed by atoms with Crippen LogP contribution in [0.25, 0.3) is 0 Å². The molecule has 1 N–H and O–H groups in total. The number of aryl methyl sites for hydroxylation is 1. The Morgan fingerprint density at radius 1 is 1.30 bits per heavy atom. The first-order chi connectivity index (χ1) is 12.6. The highest BCUT2D eigenvalue weighted by Gasteiger charge is 2.27. The van der Waals surface area contributed by atoms with E-state index in [0.717, 1.165) is 45.4 Å². The van der Waals surface area contributed by atoms with Crippen molar-refractivity contribution in [1.29, 1.82) is 0 Å². The Labute approximate surface area is 182 Å². The van der Waals surface area contributed by atoms with Crippen LogP contribution in [0.2, 0.25) is 0 Å². The second kappa shape index (κ2) is 12.6. The number of nitrogens with one attached hydrogen (secondary N) is 1. The standard InChI is InChI=1S/C20H37N5O.HI/c1-6-17(7-2)19(25-11-13-26-14-12-25)15-22-20(21-3)24(5)16-18-9-8-10-23(18)4;/h8-10,17,19H,6-7,11-16H2,1-5H3,(H,21,22);1H. The summed E-state index contributed by atoms with van der Waals surface area (Å²) < 4.78 is 7.71. The summed E-state index contributed by atoms with van der Waals surface area (Å²) in [5, 5.41) is 3.63. The highest BCUT2D eigenvalue weighted by atomic mass is 127. The van der Waals surface area contributed by atoms with Crippen molar-refractivity contribution in [1.82, 2.24) is 19.7 Å². The Morgan fingerprint density at radius 3 is 2.48 bits per heavy atom. The van der Waals surface area contributed by atoms with Crippen LogP contribution < -0.4 is 5.32 Å². The fraction of sp³-hybridized carbons (Fsp3) is 0.750. The van der Waals surface area contributed by atoms with Crippen molar-refractivity contribution >= 4 is 29.9 Å². The van der Waals surface area contributed by atoms with Crippen LogP contribution in [-0.4, -0.2) is 73.3 Å². The van der Waals surface area contributed by atoms with Gasteiger partial charge in [0.2, 0.25) is 0 Å². The quantitative estimate of drug-likeness (QED) is 0.345. The van der Waals surface area contributed by atoms with Gasteiger partial charge in [-0.1, -0.05) is 26.7 Å². The number of halogens is 1. The Hall–Kier alpha value is -0.800. The van der Waals surface area contributed by atoms with Gasteiger partial charge in [-0.15, -0.1) is 24.0 Å². The summed E-state index contributed by atoms with van der Waals surface area (Å²) in [6.45, 7) is 10.1. The smallest absolute Gasteiger partial charge is 0.193 e. The van der Waals surface area contributed by atoms with E-state index in [1.165, 1.54) is 18.5 Å². The van der Waals surface area contributed by atoms with Crippen LogP contribution in [-0.2, 0) is 18.3 Å². The molecule has 0 aromatic carbocycles. The van der Waals surface area contributed by atoms with Gasteiger partial charge >= 0.3 is 0 Å². The maximum Gasteiger partial charge on any atom is 0.193 e. The molecule has 0 spiro atoms. The second-order valence-corrected chi connectivity index (χ2v) is 7.19. The summed E-state index contributed by atoms with van der Waals surface area (Å²) in [6.07, 6.45) is 4.50. The van der Waals surface area contributed by atoms with E-state index < -0.39 is 0 Å². The third-order valence-electron chi connectivity index (χ3n) is 5.60. The zero-order valence-corrected chi connectivity index (χ0v) is 20.0. The van der Waals surface area contributed by atoms with E-state index in [2.05, 4.69) is 70.9 Å². The molecule has 1 aromatic rings. The SMILES string of the molecule is CCC(CC)C(CNC(=NC)N(C)Cc1cccn1C)N1CCOCC1.I. The molecule has 6 nitrogen and oxygen atoms in total. The lowest BCUT2D eigenvalue weighted by Crippen LogP contribution is -2.53. The van der Waals surface area contributed by atoms with Crippen LogP contribution in [0.5, 0.6) is 0 Å². The van der Waals surface area contributed by atoms with E-state index in [0.29, 0.717) is 12.0 Å². The topological polar surface area (TPSA) is 45.0 Å². The molecule has 0 radical (unpaired) electrons. The van der Waals surface area contributed by atoms with E-state index in [-0.39, 0.29) is 24.0 Å². The molecule has 0 bridgehead atoms. The summed E-state index contributed by atoms with van der Waals surface area (Å²) in [5.74, 6) is 1.65. The summed E-state index contributed by atoms with van der Waals surface area (Å²) in [4.78, 5) is 9.29. The minimum absolute atomic E-state index is 0. The first-order valence-electron chi connectivity index (χ1n) is 9.94. The molecule has 27 heavy (non-hydrogen) atoms. The third-order valence-corrected chi connectivity index (χ3v) is 5.60. The Bertz CT molecular complexity index is 552. The molecule has 156 valence electrons. The minimum atomic E-state index is 0. The summed E-state index contributed by atoms with van der Waals surface area (Å²) >= 11 is 0. The number of aromatic nitrogens is 1. The highest BCUT2D eigenvalue weighted by molar-refractivity contribution is 14.0. The Kier molecular flexibility index (Phi) is 11.3. The molecule has 1 aliphatic heterocycles. The molecular formula is C20H38IN5O. The largest absolute Gasteiger partial charge is 0.379 e. The van der Waals surface area contributed by atoms with Gasteiger partial charge in [-0.25, -0.2) is 0 Å². The van der Waals surface area contributed by atoms with Crippen molar-refractivity contribution in [2.45, 2.75) is 39.3 Å². The van der Waals surface area contributed by atoms with Crippen molar-refractivity contribution in [2.24, 2.45) is 18.0 Å². The normalized spacial score (nSPS) is 16.9. The van der Waals surface area contributed by atoms with Crippen molar-refractivity contribution in [2.75, 3.05) is 46.9 Å². The number of nitrogens with zero attached hydrogens (tertiary/aromatic N) is 4. The average Bonchev–Trinajstić information content (AvgIpc) is 3.06. The number of aliphatic imine (C=N–C) groups is 1. The van der Waals surface area contributed by atoms with Gasteiger partial charge in [-0.2, -0.15) is 0 Å². The molecule has 0 aliphatic carbocycles. The Morgan fingerprint density at radius 2 is 1.96 bits per heavy atom. The molecule has 0 amide bonds. The van der Waals surface area contributed by atoms with E-state index >= 15 is 0 Å². The van der Waals surface area contributed by atoms with Gasteiger partial charge < -0.3 is 19.5 Å². The minimum Gasteiger partial charge on any atom is -0.379 e. The first-order valence-corrected chi connectivity index (χ1v) is 9.94. The third kappa shape index (κ3) is 6.94. The molecule has 1 fully saturated rings. The van der Waals surface area contributed by atoms with Crippen molar-refractivity contribution in [3.05, 3.63) is 24.0 Å². The van der Waals surface area contributed by atoms with Crippen LogP contribution in [0.3, 0.4) is 0 Å². The second-order valence-electron chi connectivity index (χ2n) is 7.19. The van der Waals surface area contributed by atoms with Crippen LogP contribution in [0.4, 0.5) is 0 Å². The zero-order valence-electron chi connectivity index (χ0n) is 17.6. The van der Waals surface area contributed by atoms with E-state index in [9.17, 15) is 0 Å². The molecule has 1 aliphatic rings. The number of guanidine groups is 1. The molecular weight excluding hydrogens is 453 g/mol. The molecule has 1 saturated heterocycles. The van der Waals surface area contributed by atoms with E-state index in [1.54, 1.807) is 0 Å². The molecule has 0 saturated carbocycles. The molecule has 2 rings (SSSR count). The lowest BCUT2D eigenvalue weighted by atomic mass is 9.92. The average molecular weight is 491 g/mol. The van der Waals surface area contributed by atoms with Crippen LogP contribution in [0.1, 0.15) is 32.4 Å². The fourth-order valence-corrected chi connectivity index (χ4v) is 3.90. The predicted molar refractivity (Wildman–Crippen MR) is 124 cm³/mol. The number of hydrogen-bond donors (Lipinski definition) is 1. The van der Waals surface area contributed by atoms with Crippen LogP contribution in [0, 0.1) is 5.92 Å². The van der Waals surface area contributed by atoms with Gasteiger partial charge in [0.25, 0.3) is 0 Å². The molecule has 1 atom stereocenters. The summed E-state index contributed by atoms with van der Waals surface area (Å²) in [7, 11) is 6.05. The first kappa shape index (κ1) is 24.2. The van der Waals surface area contributed by atoms with E-state index in [1.807, 2.05) is 7.05 Å². The lowest BCUT2D eigenvalue weighted by molar-refractivity contribution is 0.00261. The Balaban J connectivity index is 0.00000364. The van der Waals surface area contributed by atoms with Gasteiger partial charge in [0.05, 0.1) is 19.8 Å². The zero-order chi connectivity index (χ0) is 18.9. The number of hydrogen-bond acceptors (Lipinski definition) is 3. The van der Waals surface area contributed by atoms with Crippen molar-refractivity contribution < 1.29 is 4.74 Å². The van der Waals surface area contributed by atoms with Gasteiger partial charge in [0, 0.05) is 58.7 Å². The molecule has 1 unspecified atom stereocenters. The number of ether oxygens (including phenoxy) is 1. The maximum absolute atomic E-state index is 5.56. The fourth-order valence-electron chi connectivity index (χ4n) is 3.90. The van der Waals surface area contributed by atoms with Crippen molar-refractivity contribution in [3.8, 4) is 0 Å². The number of rotatable bonds is 8. The van der Waals surface area contributed by atoms with Crippen LogP contribution >= 0.6 is 24.0 Å². The number of morpholine rings is 1. The predicted octanol–water partition coefficient (Wildman–Crippen LogP) is 2.79. The monoisotopic (exact) mass is 491 g/mol. The summed E-state index contributed by atoms with van der Waals surface area (Å²) in [5.41, 5.74) is 1.28. The van der Waals surface area contributed by atoms with Crippen molar-refractivity contribution in [3.63, 3.8) is 0 Å². The maximum atomic E-state index is 5.56. The van der Waals surface area contributed by atoms with Gasteiger partial charge in [-0.05, 0) is 18.1 Å².